The number of H-pyrrole nitrogens is 1. The first kappa shape index (κ1) is 11.8. The molecule has 2 aromatic rings. The van der Waals surface area contributed by atoms with Gasteiger partial charge in [0.05, 0.1) is 11.7 Å². The van der Waals surface area contributed by atoms with Gasteiger partial charge in [0, 0.05) is 31.6 Å². The molecule has 0 aliphatic rings. The Hall–Kier alpha value is -1.66. The molecule has 1 atom stereocenters. The highest BCUT2D eigenvalue weighted by atomic mass is 15.3. The van der Waals surface area contributed by atoms with Gasteiger partial charge in [0.25, 0.3) is 0 Å². The van der Waals surface area contributed by atoms with Gasteiger partial charge in [-0.1, -0.05) is 6.92 Å². The maximum Gasteiger partial charge on any atom is 0.124 e. The Morgan fingerprint density at radius 1 is 1.59 bits per heavy atom. The van der Waals surface area contributed by atoms with Crippen LogP contribution >= 0.6 is 0 Å². The second-order valence-electron chi connectivity index (χ2n) is 4.00. The number of imidazole rings is 1. The molecule has 0 saturated carbocycles. The Labute approximate surface area is 100 Å². The molecule has 17 heavy (non-hydrogen) atoms. The molecule has 0 aliphatic carbocycles. The summed E-state index contributed by atoms with van der Waals surface area (Å²) in [6, 6.07) is 2.08. The van der Waals surface area contributed by atoms with Crippen LogP contribution in [0.5, 0.6) is 0 Å². The average Bonchev–Trinajstić information content (AvgIpc) is 2.96. The molecule has 2 heterocycles. The number of nitrogens with two attached hydrogens (primary N) is 1. The molecule has 0 amide bonds. The Balaban J connectivity index is 2.15. The van der Waals surface area contributed by atoms with E-state index in [1.165, 1.54) is 0 Å². The van der Waals surface area contributed by atoms with E-state index in [4.69, 9.17) is 5.84 Å². The van der Waals surface area contributed by atoms with Gasteiger partial charge >= 0.3 is 0 Å². The third kappa shape index (κ3) is 2.54. The minimum atomic E-state index is -0.0230. The van der Waals surface area contributed by atoms with Crippen molar-refractivity contribution in [2.24, 2.45) is 12.9 Å². The molecule has 0 aromatic carbocycles. The minimum Gasteiger partial charge on any atom is -0.347 e. The summed E-state index contributed by atoms with van der Waals surface area (Å²) in [6.45, 7) is 2.09. The highest BCUT2D eigenvalue weighted by Gasteiger charge is 2.15. The molecule has 92 valence electrons. The van der Waals surface area contributed by atoms with Crippen molar-refractivity contribution in [1.82, 2.24) is 25.2 Å². The van der Waals surface area contributed by atoms with Gasteiger partial charge in [-0.05, 0) is 12.5 Å². The van der Waals surface area contributed by atoms with E-state index in [1.54, 1.807) is 12.4 Å². The number of nitrogens with zero attached hydrogens (tertiary/aromatic N) is 3. The molecule has 0 bridgehead atoms. The molecule has 2 rings (SSSR count). The fourth-order valence-electron chi connectivity index (χ4n) is 1.85. The zero-order chi connectivity index (χ0) is 12.3. The standard InChI is InChI=1S/C11H18N6/c1-3-8-6-9(17(2)16-8)7-10(15-12)11-13-4-5-14-11/h4-6,10,15H,3,7,12H2,1-2H3,(H,13,14). The van der Waals surface area contributed by atoms with Gasteiger partial charge in [-0.3, -0.25) is 10.5 Å². The lowest BCUT2D eigenvalue weighted by molar-refractivity contribution is 0.509. The maximum atomic E-state index is 5.56. The second kappa shape index (κ2) is 5.11. The molecule has 0 fully saturated rings. The van der Waals surface area contributed by atoms with E-state index in [0.29, 0.717) is 0 Å². The molecule has 6 nitrogen and oxygen atoms in total. The Morgan fingerprint density at radius 2 is 2.41 bits per heavy atom. The van der Waals surface area contributed by atoms with Crippen LogP contribution in [-0.2, 0) is 19.9 Å². The first-order valence-corrected chi connectivity index (χ1v) is 5.71. The molecule has 0 saturated heterocycles. The quantitative estimate of drug-likeness (QED) is 0.518. The van der Waals surface area contributed by atoms with Crippen LogP contribution in [0.1, 0.15) is 30.2 Å². The monoisotopic (exact) mass is 234 g/mol. The SMILES string of the molecule is CCc1cc(CC(NN)c2ncc[nH]2)n(C)n1. The van der Waals surface area contributed by atoms with Gasteiger partial charge in [0.15, 0.2) is 0 Å². The van der Waals surface area contributed by atoms with E-state index in [0.717, 1.165) is 30.1 Å². The van der Waals surface area contributed by atoms with Crippen molar-refractivity contribution in [2.45, 2.75) is 25.8 Å². The van der Waals surface area contributed by atoms with E-state index >= 15 is 0 Å². The van der Waals surface area contributed by atoms with Gasteiger partial charge in [-0.25, -0.2) is 10.4 Å². The lowest BCUT2D eigenvalue weighted by Gasteiger charge is -2.13. The summed E-state index contributed by atoms with van der Waals surface area (Å²) < 4.78 is 1.89. The van der Waals surface area contributed by atoms with Gasteiger partial charge in [-0.15, -0.1) is 0 Å². The highest BCUT2D eigenvalue weighted by Crippen LogP contribution is 2.14. The molecular weight excluding hydrogens is 216 g/mol. The van der Waals surface area contributed by atoms with Gasteiger partial charge in [0.2, 0.25) is 0 Å². The zero-order valence-corrected chi connectivity index (χ0v) is 10.1. The Kier molecular flexibility index (Phi) is 3.55. The van der Waals surface area contributed by atoms with Gasteiger partial charge in [0.1, 0.15) is 5.82 Å². The van der Waals surface area contributed by atoms with Crippen LogP contribution in [0, 0.1) is 0 Å². The van der Waals surface area contributed by atoms with Crippen LogP contribution in [0.25, 0.3) is 0 Å². The number of aromatic nitrogens is 4. The van der Waals surface area contributed by atoms with Crippen LogP contribution < -0.4 is 11.3 Å². The number of aromatic amines is 1. The smallest absolute Gasteiger partial charge is 0.124 e. The van der Waals surface area contributed by atoms with Crippen molar-refractivity contribution in [3.8, 4) is 0 Å². The third-order valence-electron chi connectivity index (χ3n) is 2.85. The van der Waals surface area contributed by atoms with E-state index in [1.807, 2.05) is 11.7 Å². The fraction of sp³-hybridized carbons (Fsp3) is 0.455. The molecule has 0 radical (unpaired) electrons. The van der Waals surface area contributed by atoms with Gasteiger partial charge < -0.3 is 4.98 Å². The van der Waals surface area contributed by atoms with E-state index in [9.17, 15) is 0 Å². The van der Waals surface area contributed by atoms with E-state index in [-0.39, 0.29) is 6.04 Å². The van der Waals surface area contributed by atoms with Crippen molar-refractivity contribution in [2.75, 3.05) is 0 Å². The summed E-state index contributed by atoms with van der Waals surface area (Å²) in [5.74, 6) is 6.40. The summed E-state index contributed by atoms with van der Waals surface area (Å²) in [7, 11) is 1.95. The minimum absolute atomic E-state index is 0.0230. The largest absolute Gasteiger partial charge is 0.347 e. The average molecular weight is 234 g/mol. The normalized spacial score (nSPS) is 12.9. The lowest BCUT2D eigenvalue weighted by atomic mass is 10.1. The predicted octanol–water partition coefficient (Wildman–Crippen LogP) is 0.453. The number of hydrazine groups is 1. The fourth-order valence-corrected chi connectivity index (χ4v) is 1.85. The number of hydrogen-bond acceptors (Lipinski definition) is 4. The Morgan fingerprint density at radius 3 is 2.94 bits per heavy atom. The molecular formula is C11H18N6. The molecule has 1 unspecified atom stereocenters. The summed E-state index contributed by atoms with van der Waals surface area (Å²) in [4.78, 5) is 7.28. The predicted molar refractivity (Wildman–Crippen MR) is 64.9 cm³/mol. The molecule has 4 N–H and O–H groups in total. The number of hydrogen-bond donors (Lipinski definition) is 3. The van der Waals surface area contributed by atoms with Crippen molar-refractivity contribution >= 4 is 0 Å². The van der Waals surface area contributed by atoms with Crippen LogP contribution in [0.15, 0.2) is 18.5 Å². The molecule has 0 spiro atoms. The maximum absolute atomic E-state index is 5.56. The summed E-state index contributed by atoms with van der Waals surface area (Å²) in [6.07, 6.45) is 5.21. The summed E-state index contributed by atoms with van der Waals surface area (Å²) >= 11 is 0. The topological polar surface area (TPSA) is 84.5 Å². The molecule has 2 aromatic heterocycles. The third-order valence-corrected chi connectivity index (χ3v) is 2.85. The number of aryl methyl sites for hydroxylation is 2. The number of rotatable bonds is 5. The van der Waals surface area contributed by atoms with Crippen LogP contribution in [0.3, 0.4) is 0 Å². The first-order valence-electron chi connectivity index (χ1n) is 5.71. The van der Waals surface area contributed by atoms with Crippen molar-refractivity contribution in [1.29, 1.82) is 0 Å². The summed E-state index contributed by atoms with van der Waals surface area (Å²) in [5.41, 5.74) is 5.01. The lowest BCUT2D eigenvalue weighted by Crippen LogP contribution is -2.30. The first-order chi connectivity index (χ1) is 8.24. The molecule has 0 aliphatic heterocycles. The zero-order valence-electron chi connectivity index (χ0n) is 10.1. The van der Waals surface area contributed by atoms with E-state index in [2.05, 4.69) is 33.5 Å². The van der Waals surface area contributed by atoms with Crippen molar-refractivity contribution < 1.29 is 0 Å². The van der Waals surface area contributed by atoms with Crippen molar-refractivity contribution in [3.05, 3.63) is 35.7 Å². The van der Waals surface area contributed by atoms with E-state index < -0.39 is 0 Å². The van der Waals surface area contributed by atoms with Crippen LogP contribution in [0.2, 0.25) is 0 Å². The second-order valence-corrected chi connectivity index (χ2v) is 4.00. The van der Waals surface area contributed by atoms with Gasteiger partial charge in [-0.2, -0.15) is 5.10 Å². The highest BCUT2D eigenvalue weighted by molar-refractivity contribution is 5.13. The molecule has 6 heteroatoms. The Bertz CT molecular complexity index is 458. The van der Waals surface area contributed by atoms with Crippen LogP contribution in [0.4, 0.5) is 0 Å². The summed E-state index contributed by atoms with van der Waals surface area (Å²) in [5, 5.41) is 4.42. The van der Waals surface area contributed by atoms with Crippen molar-refractivity contribution in [3.63, 3.8) is 0 Å². The number of nitrogens with one attached hydrogen (secondary N) is 2. The van der Waals surface area contributed by atoms with Crippen LogP contribution in [-0.4, -0.2) is 19.7 Å².